The van der Waals surface area contributed by atoms with Gasteiger partial charge < -0.3 is 34.4 Å². The standard InChI is InChI=1S/C48H75N11O10S/c1-13-32(4)43(56(10)47(65)42(31(2)3)50-48(54(6)7)55(8)9)38(68-11)28-41(62)58-25-17-21-37(58)44(69-12)33(5)45(63)49-36(27-34-19-15-14-16-20-34)46(64)52-70(66,67)26-18-24-57-29-35(51-53-57)30-59-39(60)22-23-40(59)61/h14-16,19-20,22-23,29,31-33,36-38,42-44H,13,17-18,21,24-28,30H2,1-12H3,(H,49,63)(H,52,64)/t32-,33+,36-,37-,38+,42-,43-,44+/m0/s1. The fourth-order valence-corrected chi connectivity index (χ4v) is 10.1. The second kappa shape index (κ2) is 25.9. The predicted octanol–water partition coefficient (Wildman–Crippen LogP) is 1.69. The summed E-state index contributed by atoms with van der Waals surface area (Å²) in [5, 5.41) is 10.7. The number of benzene rings is 1. The molecule has 70 heavy (non-hydrogen) atoms. The number of likely N-dealkylation sites (N-methyl/N-ethyl adjacent to an activating group) is 1. The molecule has 4 rings (SSSR count). The van der Waals surface area contributed by atoms with Crippen molar-refractivity contribution in [3.63, 3.8) is 0 Å². The highest BCUT2D eigenvalue weighted by molar-refractivity contribution is 7.90. The summed E-state index contributed by atoms with van der Waals surface area (Å²) in [6.07, 6.45) is 4.23. The van der Waals surface area contributed by atoms with Crippen molar-refractivity contribution in [1.29, 1.82) is 0 Å². The normalized spacial score (nSPS) is 17.9. The number of aromatic nitrogens is 3. The number of sulfonamides is 1. The molecule has 2 N–H and O–H groups in total. The number of hydrogen-bond donors (Lipinski definition) is 2. The summed E-state index contributed by atoms with van der Waals surface area (Å²) in [5.41, 5.74) is 1.01. The maximum Gasteiger partial charge on any atom is 0.256 e. The Balaban J connectivity index is 1.45. The first-order valence-corrected chi connectivity index (χ1v) is 25.5. The van der Waals surface area contributed by atoms with E-state index in [0.29, 0.717) is 43.0 Å². The number of carbonyl (C=O) groups is 6. The van der Waals surface area contributed by atoms with Crippen molar-refractivity contribution < 1.29 is 46.7 Å². The number of hydrogen-bond acceptors (Lipinski definition) is 13. The smallest absolute Gasteiger partial charge is 0.256 e. The highest BCUT2D eigenvalue weighted by Gasteiger charge is 2.43. The molecule has 0 unspecified atom stereocenters. The van der Waals surface area contributed by atoms with Gasteiger partial charge in [-0.1, -0.05) is 76.6 Å². The Hall–Kier alpha value is -5.74. The van der Waals surface area contributed by atoms with Gasteiger partial charge in [-0.25, -0.2) is 13.4 Å². The van der Waals surface area contributed by atoms with Gasteiger partial charge in [0, 0.05) is 81.1 Å². The number of aryl methyl sites for hydroxylation is 1. The SMILES string of the molecule is CC[C@H](C)[C@@H]([C@@H](CC(=O)N1CCC[C@H]1[C@H](OC)[C@@H](C)C(=O)N[C@@H](Cc1ccccc1)C(=O)NS(=O)(=O)CCCn1cc(CN2C(=O)C=CC2=O)nn1)OC)N(C)C(=O)[C@@H](N=C(N(C)C)N(C)C)C(C)C. The number of ether oxygens (including phenoxy) is 2. The van der Waals surface area contributed by atoms with Crippen molar-refractivity contribution in [1.82, 2.24) is 49.5 Å². The number of aliphatic imine (C=N–C) groups is 1. The first-order chi connectivity index (χ1) is 33.0. The van der Waals surface area contributed by atoms with Crippen molar-refractivity contribution in [3.05, 3.63) is 59.9 Å². The third kappa shape index (κ3) is 15.1. The number of rotatable bonds is 25. The molecule has 0 bridgehead atoms. The van der Waals surface area contributed by atoms with Crippen LogP contribution in [0.25, 0.3) is 0 Å². The molecule has 2 aliphatic rings. The summed E-state index contributed by atoms with van der Waals surface area (Å²) >= 11 is 0. The molecule has 2 aliphatic heterocycles. The zero-order valence-electron chi connectivity index (χ0n) is 42.9. The number of nitrogens with one attached hydrogen (secondary N) is 2. The van der Waals surface area contributed by atoms with Crippen molar-refractivity contribution >= 4 is 51.4 Å². The van der Waals surface area contributed by atoms with Gasteiger partial charge in [-0.05, 0) is 36.7 Å². The first kappa shape index (κ1) is 56.8. The van der Waals surface area contributed by atoms with E-state index in [1.807, 2.05) is 65.7 Å². The maximum atomic E-state index is 14.4. The Labute approximate surface area is 413 Å². The van der Waals surface area contributed by atoms with Crippen LogP contribution in [0.15, 0.2) is 53.7 Å². The Kier molecular flexibility index (Phi) is 21.1. The van der Waals surface area contributed by atoms with Crippen molar-refractivity contribution in [2.24, 2.45) is 22.7 Å². The highest BCUT2D eigenvalue weighted by Crippen LogP contribution is 2.30. The topological polar surface area (TPSA) is 238 Å². The second-order valence-corrected chi connectivity index (χ2v) is 20.8. The number of imide groups is 1. The van der Waals surface area contributed by atoms with E-state index >= 15 is 0 Å². The van der Waals surface area contributed by atoms with Crippen molar-refractivity contribution in [2.75, 3.05) is 61.8 Å². The number of amides is 6. The average molecular weight is 998 g/mol. The largest absolute Gasteiger partial charge is 0.379 e. The zero-order chi connectivity index (χ0) is 52.0. The van der Waals surface area contributed by atoms with E-state index in [1.165, 1.54) is 18.0 Å². The van der Waals surface area contributed by atoms with E-state index in [2.05, 4.69) is 20.4 Å². The van der Waals surface area contributed by atoms with Crippen LogP contribution < -0.4 is 10.0 Å². The van der Waals surface area contributed by atoms with Gasteiger partial charge in [0.15, 0.2) is 5.96 Å². The van der Waals surface area contributed by atoms with E-state index in [9.17, 15) is 37.2 Å². The Morgan fingerprint density at radius 3 is 2.14 bits per heavy atom. The quantitative estimate of drug-likeness (QED) is 0.0819. The summed E-state index contributed by atoms with van der Waals surface area (Å²) in [4.78, 5) is 93.6. The van der Waals surface area contributed by atoms with Gasteiger partial charge >= 0.3 is 0 Å². The van der Waals surface area contributed by atoms with Gasteiger partial charge in [-0.2, -0.15) is 0 Å². The van der Waals surface area contributed by atoms with E-state index < -0.39 is 81.7 Å². The molecule has 1 aromatic carbocycles. The molecule has 0 spiro atoms. The van der Waals surface area contributed by atoms with Crippen LogP contribution in [0.5, 0.6) is 0 Å². The fourth-order valence-electron chi connectivity index (χ4n) is 9.08. The summed E-state index contributed by atoms with van der Waals surface area (Å²) in [6.45, 7) is 10.1. The summed E-state index contributed by atoms with van der Waals surface area (Å²) in [5.74, 6) is -3.72. The molecule has 21 nitrogen and oxygen atoms in total. The molecule has 22 heteroatoms. The number of nitrogens with zero attached hydrogens (tertiary/aromatic N) is 9. The van der Waals surface area contributed by atoms with Crippen LogP contribution in [-0.2, 0) is 67.8 Å². The van der Waals surface area contributed by atoms with Gasteiger partial charge in [0.2, 0.25) is 27.7 Å². The van der Waals surface area contributed by atoms with Crippen LogP contribution in [-0.4, -0.2) is 187 Å². The molecule has 1 saturated heterocycles. The van der Waals surface area contributed by atoms with Crippen LogP contribution >= 0.6 is 0 Å². The van der Waals surface area contributed by atoms with Crippen LogP contribution in [0.1, 0.15) is 78.0 Å². The summed E-state index contributed by atoms with van der Waals surface area (Å²) < 4.78 is 42.1. The van der Waals surface area contributed by atoms with Crippen LogP contribution in [0.4, 0.5) is 0 Å². The molecule has 388 valence electrons. The molecule has 1 fully saturated rings. The molecule has 3 heterocycles. The van der Waals surface area contributed by atoms with Gasteiger partial charge in [0.05, 0.1) is 55.1 Å². The molecule has 2 aromatic rings. The Morgan fingerprint density at radius 2 is 1.57 bits per heavy atom. The maximum absolute atomic E-state index is 14.4. The molecule has 0 aliphatic carbocycles. The monoisotopic (exact) mass is 998 g/mol. The van der Waals surface area contributed by atoms with Crippen LogP contribution in [0.3, 0.4) is 0 Å². The lowest BCUT2D eigenvalue weighted by Gasteiger charge is -2.40. The van der Waals surface area contributed by atoms with E-state index in [1.54, 1.807) is 61.2 Å². The third-order valence-electron chi connectivity index (χ3n) is 13.0. The molecule has 6 amide bonds. The second-order valence-electron chi connectivity index (χ2n) is 19.0. The summed E-state index contributed by atoms with van der Waals surface area (Å²) in [7, 11) is 8.05. The number of guanidine groups is 1. The minimum atomic E-state index is -4.21. The van der Waals surface area contributed by atoms with Crippen molar-refractivity contribution in [3.8, 4) is 0 Å². The van der Waals surface area contributed by atoms with Gasteiger partial charge in [-0.3, -0.25) is 43.1 Å². The van der Waals surface area contributed by atoms with Crippen molar-refractivity contribution in [2.45, 2.75) is 123 Å². The number of likely N-dealkylation sites (tertiary alicyclic amines) is 1. The average Bonchev–Trinajstić information content (AvgIpc) is 4.06. The fraction of sp³-hybridized carbons (Fsp3) is 0.646. The lowest BCUT2D eigenvalue weighted by molar-refractivity contribution is -0.146. The van der Waals surface area contributed by atoms with Gasteiger partial charge in [0.1, 0.15) is 17.8 Å². The van der Waals surface area contributed by atoms with E-state index in [-0.39, 0.29) is 56.0 Å². The van der Waals surface area contributed by atoms with Crippen LogP contribution in [0, 0.1) is 17.8 Å². The first-order valence-electron chi connectivity index (χ1n) is 23.9. The van der Waals surface area contributed by atoms with E-state index in [4.69, 9.17) is 14.5 Å². The minimum Gasteiger partial charge on any atom is -0.379 e. The zero-order valence-corrected chi connectivity index (χ0v) is 43.7. The Bertz CT molecular complexity index is 2260. The highest BCUT2D eigenvalue weighted by atomic mass is 32.2. The lowest BCUT2D eigenvalue weighted by Crippen LogP contribution is -2.56. The van der Waals surface area contributed by atoms with Gasteiger partial charge in [-0.15, -0.1) is 5.10 Å². The predicted molar refractivity (Wildman–Crippen MR) is 263 cm³/mol. The van der Waals surface area contributed by atoms with E-state index in [0.717, 1.165) is 17.1 Å². The molecular formula is C48H75N11O10S. The molecule has 1 aromatic heterocycles. The summed E-state index contributed by atoms with van der Waals surface area (Å²) in [6, 6.07) is 5.88. The molecule has 0 saturated carbocycles. The molecular weight excluding hydrogens is 923 g/mol. The minimum absolute atomic E-state index is 0.0188. The third-order valence-corrected chi connectivity index (χ3v) is 14.3. The lowest BCUT2D eigenvalue weighted by atomic mass is 9.89. The molecule has 8 atom stereocenters. The van der Waals surface area contributed by atoms with Crippen LogP contribution in [0.2, 0.25) is 0 Å². The number of carbonyl (C=O) groups excluding carboxylic acids is 6. The number of methoxy groups -OCH3 is 2. The molecule has 0 radical (unpaired) electrons. The van der Waals surface area contributed by atoms with Gasteiger partial charge in [0.25, 0.3) is 17.7 Å². The Morgan fingerprint density at radius 1 is 0.929 bits per heavy atom.